The van der Waals surface area contributed by atoms with E-state index in [1.165, 1.54) is 0 Å². The molecule has 0 amide bonds. The standard InChI is InChI=1S/C8H8F4N2O2S/c9-4-3-5(10)7(12)8(6(4)11)17(15,16)14-2-1-13/h3,14H,1-2,13H2. The number of hydrogen-bond donors (Lipinski definition) is 2. The van der Waals surface area contributed by atoms with Crippen LogP contribution >= 0.6 is 0 Å². The quantitative estimate of drug-likeness (QED) is 0.618. The number of benzene rings is 1. The minimum Gasteiger partial charge on any atom is -0.329 e. The summed E-state index contributed by atoms with van der Waals surface area (Å²) in [5.41, 5.74) is 4.99. The summed E-state index contributed by atoms with van der Waals surface area (Å²) in [5, 5.41) is 0. The number of nitrogens with one attached hydrogen (secondary N) is 1. The molecule has 1 rings (SSSR count). The van der Waals surface area contributed by atoms with Crippen molar-refractivity contribution in [3.63, 3.8) is 0 Å². The highest BCUT2D eigenvalue weighted by atomic mass is 32.2. The molecule has 17 heavy (non-hydrogen) atoms. The van der Waals surface area contributed by atoms with Gasteiger partial charge in [-0.3, -0.25) is 0 Å². The monoisotopic (exact) mass is 272 g/mol. The van der Waals surface area contributed by atoms with Gasteiger partial charge in [-0.15, -0.1) is 0 Å². The minimum atomic E-state index is -4.69. The first-order valence-electron chi connectivity index (χ1n) is 4.34. The van der Waals surface area contributed by atoms with E-state index in [0.717, 1.165) is 0 Å². The van der Waals surface area contributed by atoms with Crippen LogP contribution in [0.2, 0.25) is 0 Å². The van der Waals surface area contributed by atoms with Crippen LogP contribution in [0.5, 0.6) is 0 Å². The van der Waals surface area contributed by atoms with Crippen molar-refractivity contribution in [2.24, 2.45) is 5.73 Å². The summed E-state index contributed by atoms with van der Waals surface area (Å²) in [6.07, 6.45) is 0. The SMILES string of the molecule is NCCNS(=O)(=O)c1c(F)c(F)cc(F)c1F. The van der Waals surface area contributed by atoms with Crippen molar-refractivity contribution >= 4 is 10.0 Å². The van der Waals surface area contributed by atoms with E-state index < -0.39 is 38.2 Å². The molecule has 0 aromatic heterocycles. The lowest BCUT2D eigenvalue weighted by molar-refractivity contribution is 0.418. The summed E-state index contributed by atoms with van der Waals surface area (Å²) in [4.78, 5) is -1.69. The molecule has 0 radical (unpaired) electrons. The van der Waals surface area contributed by atoms with Gasteiger partial charge in [-0.1, -0.05) is 0 Å². The molecule has 0 saturated heterocycles. The van der Waals surface area contributed by atoms with E-state index in [-0.39, 0.29) is 19.2 Å². The molecule has 96 valence electrons. The van der Waals surface area contributed by atoms with Gasteiger partial charge >= 0.3 is 0 Å². The molecule has 0 aliphatic rings. The third-order valence-corrected chi connectivity index (χ3v) is 3.26. The highest BCUT2D eigenvalue weighted by Crippen LogP contribution is 2.23. The summed E-state index contributed by atoms with van der Waals surface area (Å²) in [6, 6.07) is -0.0768. The highest BCUT2D eigenvalue weighted by Gasteiger charge is 2.29. The van der Waals surface area contributed by atoms with Crippen LogP contribution in [-0.4, -0.2) is 21.5 Å². The second kappa shape index (κ2) is 4.98. The normalized spacial score (nSPS) is 11.8. The summed E-state index contributed by atoms with van der Waals surface area (Å²) in [6.45, 7) is -0.459. The molecule has 0 atom stereocenters. The van der Waals surface area contributed by atoms with E-state index in [2.05, 4.69) is 0 Å². The predicted octanol–water partition coefficient (Wildman–Crippen LogP) is 0.480. The van der Waals surface area contributed by atoms with E-state index in [4.69, 9.17) is 5.73 Å². The Hall–Kier alpha value is -1.19. The van der Waals surface area contributed by atoms with Crippen LogP contribution in [0.3, 0.4) is 0 Å². The Morgan fingerprint density at radius 1 is 1.12 bits per heavy atom. The van der Waals surface area contributed by atoms with Gasteiger partial charge in [0.25, 0.3) is 0 Å². The second-order valence-electron chi connectivity index (χ2n) is 2.98. The largest absolute Gasteiger partial charge is 0.329 e. The van der Waals surface area contributed by atoms with Gasteiger partial charge in [0.2, 0.25) is 10.0 Å². The van der Waals surface area contributed by atoms with Gasteiger partial charge in [0.15, 0.2) is 28.2 Å². The highest BCUT2D eigenvalue weighted by molar-refractivity contribution is 7.89. The van der Waals surface area contributed by atoms with E-state index in [9.17, 15) is 26.0 Å². The first-order chi connectivity index (χ1) is 7.81. The Balaban J connectivity index is 3.40. The van der Waals surface area contributed by atoms with Crippen molar-refractivity contribution in [1.29, 1.82) is 0 Å². The molecule has 0 heterocycles. The second-order valence-corrected chi connectivity index (χ2v) is 4.69. The number of nitrogens with two attached hydrogens (primary N) is 1. The summed E-state index contributed by atoms with van der Waals surface area (Å²) < 4.78 is 76.2. The van der Waals surface area contributed by atoms with Gasteiger partial charge in [0.05, 0.1) is 0 Å². The van der Waals surface area contributed by atoms with E-state index in [1.54, 1.807) is 4.72 Å². The zero-order valence-corrected chi connectivity index (χ0v) is 9.12. The van der Waals surface area contributed by atoms with Gasteiger partial charge in [0, 0.05) is 19.2 Å². The van der Waals surface area contributed by atoms with Crippen LogP contribution in [0.15, 0.2) is 11.0 Å². The van der Waals surface area contributed by atoms with Crippen molar-refractivity contribution < 1.29 is 26.0 Å². The Kier molecular flexibility index (Phi) is 4.07. The summed E-state index contributed by atoms with van der Waals surface area (Å²) in [7, 11) is -4.69. The maximum absolute atomic E-state index is 13.1. The molecule has 0 spiro atoms. The fourth-order valence-electron chi connectivity index (χ4n) is 1.05. The van der Waals surface area contributed by atoms with Gasteiger partial charge in [-0.25, -0.2) is 30.7 Å². The molecule has 0 aliphatic carbocycles. The van der Waals surface area contributed by atoms with Crippen LogP contribution < -0.4 is 10.5 Å². The fraction of sp³-hybridized carbons (Fsp3) is 0.250. The van der Waals surface area contributed by atoms with Crippen molar-refractivity contribution in [2.75, 3.05) is 13.1 Å². The Morgan fingerprint density at radius 2 is 1.59 bits per heavy atom. The molecule has 4 nitrogen and oxygen atoms in total. The molecule has 1 aromatic carbocycles. The predicted molar refractivity (Wildman–Crippen MR) is 50.5 cm³/mol. The molecule has 0 aliphatic heterocycles. The Morgan fingerprint density at radius 3 is 2.00 bits per heavy atom. The Labute approximate surface area is 94.5 Å². The number of hydrogen-bond acceptors (Lipinski definition) is 3. The lowest BCUT2D eigenvalue weighted by Crippen LogP contribution is -2.31. The van der Waals surface area contributed by atoms with E-state index in [1.807, 2.05) is 0 Å². The first-order valence-corrected chi connectivity index (χ1v) is 5.82. The van der Waals surface area contributed by atoms with Crippen molar-refractivity contribution in [3.05, 3.63) is 29.3 Å². The molecule has 1 aromatic rings. The average molecular weight is 272 g/mol. The average Bonchev–Trinajstić information content (AvgIpc) is 2.24. The summed E-state index contributed by atoms with van der Waals surface area (Å²) >= 11 is 0. The Bertz CT molecular complexity index is 507. The van der Waals surface area contributed by atoms with E-state index in [0.29, 0.717) is 0 Å². The van der Waals surface area contributed by atoms with Crippen LogP contribution in [0.25, 0.3) is 0 Å². The molecular formula is C8H8F4N2O2S. The fourth-order valence-corrected chi connectivity index (χ4v) is 2.25. The maximum Gasteiger partial charge on any atom is 0.246 e. The number of rotatable bonds is 4. The van der Waals surface area contributed by atoms with Crippen LogP contribution in [0, 0.1) is 23.3 Å². The van der Waals surface area contributed by atoms with Crippen molar-refractivity contribution in [2.45, 2.75) is 4.90 Å². The molecule has 9 heteroatoms. The van der Waals surface area contributed by atoms with Crippen molar-refractivity contribution in [1.82, 2.24) is 4.72 Å². The molecule has 0 bridgehead atoms. The van der Waals surface area contributed by atoms with Crippen LogP contribution in [0.1, 0.15) is 0 Å². The van der Waals surface area contributed by atoms with Crippen molar-refractivity contribution in [3.8, 4) is 0 Å². The van der Waals surface area contributed by atoms with Crippen LogP contribution in [-0.2, 0) is 10.0 Å². The smallest absolute Gasteiger partial charge is 0.246 e. The zero-order chi connectivity index (χ0) is 13.2. The van der Waals surface area contributed by atoms with Gasteiger partial charge in [-0.05, 0) is 0 Å². The van der Waals surface area contributed by atoms with Gasteiger partial charge in [0.1, 0.15) is 0 Å². The lowest BCUT2D eigenvalue weighted by Gasteiger charge is -2.08. The summed E-state index contributed by atoms with van der Waals surface area (Å²) in [5.74, 6) is -7.55. The molecule has 0 fully saturated rings. The molecular weight excluding hydrogens is 264 g/mol. The van der Waals surface area contributed by atoms with Gasteiger partial charge < -0.3 is 5.73 Å². The third kappa shape index (κ3) is 2.73. The molecule has 3 N–H and O–H groups in total. The van der Waals surface area contributed by atoms with Gasteiger partial charge in [-0.2, -0.15) is 0 Å². The zero-order valence-electron chi connectivity index (χ0n) is 8.31. The maximum atomic E-state index is 13.1. The van der Waals surface area contributed by atoms with E-state index >= 15 is 0 Å². The lowest BCUT2D eigenvalue weighted by atomic mass is 10.3. The minimum absolute atomic E-state index is 0.0768. The topological polar surface area (TPSA) is 72.2 Å². The first kappa shape index (κ1) is 13.9. The number of sulfonamides is 1. The van der Waals surface area contributed by atoms with Crippen LogP contribution in [0.4, 0.5) is 17.6 Å². The number of halogens is 4. The molecule has 0 unspecified atom stereocenters. The third-order valence-electron chi connectivity index (χ3n) is 1.78. The molecule has 0 saturated carbocycles.